The van der Waals surface area contributed by atoms with E-state index in [-0.39, 0.29) is 5.57 Å². The van der Waals surface area contributed by atoms with Crippen molar-refractivity contribution in [1.29, 1.82) is 0 Å². The van der Waals surface area contributed by atoms with Gasteiger partial charge in [-0.05, 0) is 6.42 Å². The fourth-order valence-electron chi connectivity index (χ4n) is 1.40. The van der Waals surface area contributed by atoms with E-state index < -0.39 is 37.1 Å². The van der Waals surface area contributed by atoms with Gasteiger partial charge in [0, 0.05) is 5.57 Å². The molecule has 18 heavy (non-hydrogen) atoms. The molecular formula is C11H20O7. The predicted molar refractivity (Wildman–Crippen MR) is 61.6 cm³/mol. The van der Waals surface area contributed by atoms with E-state index >= 15 is 0 Å². The van der Waals surface area contributed by atoms with E-state index in [2.05, 4.69) is 0 Å². The van der Waals surface area contributed by atoms with Gasteiger partial charge in [-0.25, -0.2) is 0 Å². The Balaban J connectivity index is 4.76. The van der Waals surface area contributed by atoms with Crippen LogP contribution in [0, 0.1) is 0 Å². The smallest absolute Gasteiger partial charge is 0.148 e. The van der Waals surface area contributed by atoms with Crippen LogP contribution in [0.1, 0.15) is 13.3 Å². The second-order valence-corrected chi connectivity index (χ2v) is 3.90. The molecule has 0 radical (unpaired) electrons. The molecule has 0 bridgehead atoms. The Morgan fingerprint density at radius 2 is 1.61 bits per heavy atom. The lowest BCUT2D eigenvalue weighted by molar-refractivity contribution is -0.136. The number of carbonyl (C=O) groups excluding carboxylic acids is 1. The predicted octanol–water partition coefficient (Wildman–Crippen LogP) is -2.68. The van der Waals surface area contributed by atoms with Gasteiger partial charge in [0.1, 0.15) is 36.8 Å². The number of aldehydes is 1. The third kappa shape index (κ3) is 4.45. The summed E-state index contributed by atoms with van der Waals surface area (Å²) in [7, 11) is 0. The van der Waals surface area contributed by atoms with Crippen LogP contribution in [-0.2, 0) is 4.79 Å². The van der Waals surface area contributed by atoms with Gasteiger partial charge in [0.05, 0.1) is 6.61 Å². The van der Waals surface area contributed by atoms with Gasteiger partial charge in [-0.2, -0.15) is 0 Å². The molecule has 106 valence electrons. The minimum atomic E-state index is -1.90. The van der Waals surface area contributed by atoms with Crippen LogP contribution in [0.2, 0.25) is 0 Å². The molecule has 5 atom stereocenters. The lowest BCUT2D eigenvalue weighted by Crippen LogP contribution is -2.50. The van der Waals surface area contributed by atoms with Gasteiger partial charge >= 0.3 is 0 Å². The van der Waals surface area contributed by atoms with Crippen LogP contribution in [0.25, 0.3) is 0 Å². The second kappa shape index (κ2) is 8.30. The largest absolute Gasteiger partial charge is 0.394 e. The molecule has 1 unspecified atom stereocenters. The van der Waals surface area contributed by atoms with Crippen LogP contribution in [0.15, 0.2) is 11.6 Å². The number of hydrogen-bond donors (Lipinski definition) is 6. The summed E-state index contributed by atoms with van der Waals surface area (Å²) in [6.07, 6.45) is -6.80. The van der Waals surface area contributed by atoms with Crippen LogP contribution in [-0.4, -0.2) is 74.1 Å². The van der Waals surface area contributed by atoms with E-state index in [1.165, 1.54) is 6.08 Å². The monoisotopic (exact) mass is 264 g/mol. The molecule has 0 fully saturated rings. The Labute approximate surface area is 105 Å². The van der Waals surface area contributed by atoms with Crippen LogP contribution in [0.5, 0.6) is 0 Å². The molecule has 7 nitrogen and oxygen atoms in total. The van der Waals surface area contributed by atoms with Crippen LogP contribution < -0.4 is 0 Å². The maximum atomic E-state index is 10.7. The molecule has 0 aromatic heterocycles. The fourth-order valence-corrected chi connectivity index (χ4v) is 1.40. The molecule has 0 amide bonds. The lowest BCUT2D eigenvalue weighted by Gasteiger charge is -2.28. The Hall–Kier alpha value is -0.830. The fraction of sp³-hybridized carbons (Fsp3) is 0.727. The van der Waals surface area contributed by atoms with Crippen molar-refractivity contribution in [3.05, 3.63) is 11.6 Å². The molecule has 0 aliphatic carbocycles. The first kappa shape index (κ1) is 17.2. The lowest BCUT2D eigenvalue weighted by atomic mass is 9.95. The Morgan fingerprint density at radius 3 is 2.00 bits per heavy atom. The van der Waals surface area contributed by atoms with Crippen molar-refractivity contribution in [1.82, 2.24) is 0 Å². The summed E-state index contributed by atoms with van der Waals surface area (Å²) in [5, 5.41) is 55.7. The maximum Gasteiger partial charge on any atom is 0.148 e. The normalized spacial score (nSPS) is 20.9. The SMILES string of the molecule is CCC=C(C=O)C(O)[C@H](O)[C@@H](O)[C@H](O)[C@H](O)CO. The molecule has 0 aromatic rings. The molecule has 0 saturated carbocycles. The first-order valence-electron chi connectivity index (χ1n) is 5.57. The van der Waals surface area contributed by atoms with Gasteiger partial charge in [0.25, 0.3) is 0 Å². The van der Waals surface area contributed by atoms with Crippen LogP contribution in [0.3, 0.4) is 0 Å². The van der Waals surface area contributed by atoms with E-state index in [1.807, 2.05) is 0 Å². The topological polar surface area (TPSA) is 138 Å². The highest BCUT2D eigenvalue weighted by molar-refractivity contribution is 5.74. The zero-order valence-electron chi connectivity index (χ0n) is 10.0. The third-order valence-corrected chi connectivity index (χ3v) is 2.52. The molecule has 0 heterocycles. The van der Waals surface area contributed by atoms with E-state index in [0.29, 0.717) is 12.7 Å². The Kier molecular flexibility index (Phi) is 7.92. The van der Waals surface area contributed by atoms with Gasteiger partial charge in [-0.15, -0.1) is 0 Å². The van der Waals surface area contributed by atoms with Crippen LogP contribution >= 0.6 is 0 Å². The molecule has 7 heteroatoms. The van der Waals surface area contributed by atoms with Crippen molar-refractivity contribution < 1.29 is 35.4 Å². The van der Waals surface area contributed by atoms with Gasteiger partial charge < -0.3 is 30.6 Å². The first-order valence-corrected chi connectivity index (χ1v) is 5.57. The summed E-state index contributed by atoms with van der Waals surface area (Å²) in [6.45, 7) is 0.899. The van der Waals surface area contributed by atoms with Crippen molar-refractivity contribution in [2.45, 2.75) is 43.9 Å². The molecule has 0 aliphatic rings. The maximum absolute atomic E-state index is 10.7. The zero-order valence-corrected chi connectivity index (χ0v) is 10.0. The number of aliphatic hydroxyl groups excluding tert-OH is 6. The van der Waals surface area contributed by atoms with Crippen molar-refractivity contribution in [3.8, 4) is 0 Å². The number of rotatable bonds is 8. The highest BCUT2D eigenvalue weighted by Gasteiger charge is 2.35. The summed E-state index contributed by atoms with van der Waals surface area (Å²) in [5.41, 5.74) is -0.130. The summed E-state index contributed by atoms with van der Waals surface area (Å²) in [6, 6.07) is 0. The summed E-state index contributed by atoms with van der Waals surface area (Å²) in [5.74, 6) is 0. The van der Waals surface area contributed by atoms with Crippen molar-refractivity contribution in [2.75, 3.05) is 6.61 Å². The molecule has 0 rings (SSSR count). The summed E-state index contributed by atoms with van der Waals surface area (Å²) in [4.78, 5) is 10.7. The standard InChI is InChI=1S/C11H20O7/c1-2-3-6(4-12)8(15)10(17)11(18)9(16)7(14)5-13/h3-4,7-11,13-18H,2,5H2,1H3/t7-,8?,9-,10+,11+/m1/s1. The Morgan fingerprint density at radius 1 is 1.06 bits per heavy atom. The third-order valence-electron chi connectivity index (χ3n) is 2.52. The van der Waals surface area contributed by atoms with E-state index in [1.54, 1.807) is 6.92 Å². The second-order valence-electron chi connectivity index (χ2n) is 3.90. The molecule has 0 spiro atoms. The zero-order chi connectivity index (χ0) is 14.3. The van der Waals surface area contributed by atoms with E-state index in [0.717, 1.165) is 0 Å². The quantitative estimate of drug-likeness (QED) is 0.207. The van der Waals surface area contributed by atoms with Crippen molar-refractivity contribution in [3.63, 3.8) is 0 Å². The van der Waals surface area contributed by atoms with Crippen LogP contribution in [0.4, 0.5) is 0 Å². The van der Waals surface area contributed by atoms with E-state index in [4.69, 9.17) is 10.2 Å². The first-order chi connectivity index (χ1) is 8.40. The van der Waals surface area contributed by atoms with Gasteiger partial charge in [0.2, 0.25) is 0 Å². The van der Waals surface area contributed by atoms with Crippen molar-refractivity contribution >= 4 is 6.29 Å². The van der Waals surface area contributed by atoms with Gasteiger partial charge in [-0.1, -0.05) is 13.0 Å². The number of allylic oxidation sites excluding steroid dienone is 1. The molecule has 0 saturated heterocycles. The minimum Gasteiger partial charge on any atom is -0.394 e. The number of aliphatic hydroxyl groups is 6. The number of hydrogen-bond acceptors (Lipinski definition) is 7. The molecular weight excluding hydrogens is 244 g/mol. The van der Waals surface area contributed by atoms with Gasteiger partial charge in [-0.3, -0.25) is 4.79 Å². The average molecular weight is 264 g/mol. The molecule has 6 N–H and O–H groups in total. The van der Waals surface area contributed by atoms with Crippen molar-refractivity contribution in [2.24, 2.45) is 0 Å². The molecule has 0 aliphatic heterocycles. The highest BCUT2D eigenvalue weighted by atomic mass is 16.4. The minimum absolute atomic E-state index is 0.130. The number of carbonyl (C=O) groups is 1. The summed E-state index contributed by atoms with van der Waals surface area (Å²) >= 11 is 0. The average Bonchev–Trinajstić information content (AvgIpc) is 2.40. The molecule has 0 aromatic carbocycles. The van der Waals surface area contributed by atoms with Gasteiger partial charge in [0.15, 0.2) is 0 Å². The van der Waals surface area contributed by atoms with E-state index in [9.17, 15) is 25.2 Å². The summed E-state index contributed by atoms with van der Waals surface area (Å²) < 4.78 is 0. The highest BCUT2D eigenvalue weighted by Crippen LogP contribution is 2.13. The Bertz CT molecular complexity index is 279.